The minimum atomic E-state index is -0.425. The third-order valence-corrected chi connectivity index (χ3v) is 2.52. The highest BCUT2D eigenvalue weighted by Crippen LogP contribution is 2.26. The highest BCUT2D eigenvalue weighted by molar-refractivity contribution is 6.35. The lowest BCUT2D eigenvalue weighted by molar-refractivity contribution is 0.529. The van der Waals surface area contributed by atoms with Crippen LogP contribution in [0.3, 0.4) is 0 Å². The Morgan fingerprint density at radius 2 is 2.07 bits per heavy atom. The lowest BCUT2D eigenvalue weighted by atomic mass is 9.96. The summed E-state index contributed by atoms with van der Waals surface area (Å²) in [7, 11) is 0. The molecule has 1 N–H and O–H groups in total. The first-order valence-corrected chi connectivity index (χ1v) is 5.30. The largest absolute Gasteiger partial charge is 0.382 e. The molecule has 0 amide bonds. The van der Waals surface area contributed by atoms with Crippen molar-refractivity contribution in [1.82, 2.24) is 0 Å². The van der Waals surface area contributed by atoms with Gasteiger partial charge in [0.1, 0.15) is 0 Å². The number of hydrogen-bond donors (Lipinski definition) is 1. The SMILES string of the molecule is CC(C)(C#N)CNc1cc(Cl)ccc1Cl. The molecule has 0 saturated carbocycles. The van der Waals surface area contributed by atoms with E-state index < -0.39 is 5.41 Å². The zero-order chi connectivity index (χ0) is 11.5. The molecule has 0 fully saturated rings. The Morgan fingerprint density at radius 1 is 1.40 bits per heavy atom. The normalized spacial score (nSPS) is 10.9. The Kier molecular flexibility index (Phi) is 3.84. The van der Waals surface area contributed by atoms with Crippen LogP contribution in [-0.2, 0) is 0 Å². The zero-order valence-corrected chi connectivity index (χ0v) is 10.2. The van der Waals surface area contributed by atoms with Gasteiger partial charge in [0, 0.05) is 11.6 Å². The van der Waals surface area contributed by atoms with Crippen LogP contribution in [0.1, 0.15) is 13.8 Å². The number of benzene rings is 1. The molecule has 0 atom stereocenters. The van der Waals surface area contributed by atoms with Gasteiger partial charge in [-0.05, 0) is 32.0 Å². The number of nitriles is 1. The molecule has 0 aliphatic carbocycles. The molecule has 0 aromatic heterocycles. The first-order chi connectivity index (χ1) is 6.94. The molecule has 15 heavy (non-hydrogen) atoms. The van der Waals surface area contributed by atoms with Gasteiger partial charge in [-0.3, -0.25) is 0 Å². The van der Waals surface area contributed by atoms with Gasteiger partial charge in [0.2, 0.25) is 0 Å². The van der Waals surface area contributed by atoms with E-state index in [2.05, 4.69) is 11.4 Å². The van der Waals surface area contributed by atoms with E-state index in [9.17, 15) is 0 Å². The molecule has 0 heterocycles. The highest BCUT2D eigenvalue weighted by Gasteiger charge is 2.16. The lowest BCUT2D eigenvalue weighted by Crippen LogP contribution is -2.21. The number of hydrogen-bond acceptors (Lipinski definition) is 2. The van der Waals surface area contributed by atoms with Gasteiger partial charge >= 0.3 is 0 Å². The summed E-state index contributed by atoms with van der Waals surface area (Å²) >= 11 is 11.8. The number of anilines is 1. The molecule has 1 aromatic rings. The van der Waals surface area contributed by atoms with E-state index in [1.54, 1.807) is 18.2 Å². The Hall–Kier alpha value is -0.910. The molecule has 0 saturated heterocycles. The van der Waals surface area contributed by atoms with Gasteiger partial charge < -0.3 is 5.32 Å². The average Bonchev–Trinajstić information content (AvgIpc) is 2.20. The monoisotopic (exact) mass is 242 g/mol. The Balaban J connectivity index is 2.74. The molecule has 0 bridgehead atoms. The first kappa shape index (κ1) is 12.2. The van der Waals surface area contributed by atoms with Crippen molar-refractivity contribution in [3.63, 3.8) is 0 Å². The van der Waals surface area contributed by atoms with Gasteiger partial charge in [-0.1, -0.05) is 23.2 Å². The van der Waals surface area contributed by atoms with Crippen LogP contribution in [0.4, 0.5) is 5.69 Å². The van der Waals surface area contributed by atoms with Gasteiger partial charge in [0.05, 0.1) is 22.2 Å². The maximum absolute atomic E-state index is 8.85. The Bertz CT molecular complexity index is 394. The minimum absolute atomic E-state index is 0.425. The van der Waals surface area contributed by atoms with E-state index in [0.29, 0.717) is 16.6 Å². The molecular formula is C11H12Cl2N2. The van der Waals surface area contributed by atoms with Crippen LogP contribution >= 0.6 is 23.2 Å². The van der Waals surface area contributed by atoms with Crippen molar-refractivity contribution in [3.8, 4) is 6.07 Å². The fourth-order valence-corrected chi connectivity index (χ4v) is 1.35. The summed E-state index contributed by atoms with van der Waals surface area (Å²) < 4.78 is 0. The van der Waals surface area contributed by atoms with Crippen LogP contribution in [0.25, 0.3) is 0 Å². The standard InChI is InChI=1S/C11H12Cl2N2/c1-11(2,6-14)7-15-10-5-8(12)3-4-9(10)13/h3-5,15H,7H2,1-2H3. The van der Waals surface area contributed by atoms with Crippen molar-refractivity contribution in [2.75, 3.05) is 11.9 Å². The van der Waals surface area contributed by atoms with Crippen molar-refractivity contribution >= 4 is 28.9 Å². The van der Waals surface area contributed by atoms with E-state index in [1.165, 1.54) is 0 Å². The van der Waals surface area contributed by atoms with Gasteiger partial charge in [0.15, 0.2) is 0 Å². The number of halogens is 2. The van der Waals surface area contributed by atoms with Crippen molar-refractivity contribution < 1.29 is 0 Å². The number of nitrogens with zero attached hydrogens (tertiary/aromatic N) is 1. The smallest absolute Gasteiger partial charge is 0.0702 e. The third-order valence-electron chi connectivity index (χ3n) is 1.95. The van der Waals surface area contributed by atoms with E-state index in [0.717, 1.165) is 5.69 Å². The van der Waals surface area contributed by atoms with Crippen LogP contribution in [0.2, 0.25) is 10.0 Å². The van der Waals surface area contributed by atoms with Crippen LogP contribution in [0.5, 0.6) is 0 Å². The second kappa shape index (κ2) is 4.74. The summed E-state index contributed by atoms with van der Waals surface area (Å²) in [5.41, 5.74) is 0.332. The molecule has 2 nitrogen and oxygen atoms in total. The fourth-order valence-electron chi connectivity index (χ4n) is 0.989. The Morgan fingerprint density at radius 3 is 2.67 bits per heavy atom. The van der Waals surface area contributed by atoms with E-state index in [-0.39, 0.29) is 0 Å². The fraction of sp³-hybridized carbons (Fsp3) is 0.364. The van der Waals surface area contributed by atoms with Gasteiger partial charge in [-0.2, -0.15) is 5.26 Å². The highest BCUT2D eigenvalue weighted by atomic mass is 35.5. The second-order valence-electron chi connectivity index (χ2n) is 3.97. The van der Waals surface area contributed by atoms with Crippen molar-refractivity contribution in [2.45, 2.75) is 13.8 Å². The first-order valence-electron chi connectivity index (χ1n) is 4.55. The van der Waals surface area contributed by atoms with Crippen LogP contribution < -0.4 is 5.32 Å². The van der Waals surface area contributed by atoms with Crippen LogP contribution in [0.15, 0.2) is 18.2 Å². The summed E-state index contributed by atoms with van der Waals surface area (Å²) in [5.74, 6) is 0. The summed E-state index contributed by atoms with van der Waals surface area (Å²) in [4.78, 5) is 0. The molecule has 1 rings (SSSR count). The zero-order valence-electron chi connectivity index (χ0n) is 8.64. The van der Waals surface area contributed by atoms with E-state index >= 15 is 0 Å². The summed E-state index contributed by atoms with van der Waals surface area (Å²) in [6.07, 6.45) is 0. The molecule has 0 radical (unpaired) electrons. The second-order valence-corrected chi connectivity index (χ2v) is 4.82. The molecule has 0 aliphatic rings. The molecular weight excluding hydrogens is 231 g/mol. The molecule has 0 spiro atoms. The van der Waals surface area contributed by atoms with Gasteiger partial charge in [-0.15, -0.1) is 0 Å². The maximum atomic E-state index is 8.85. The quantitative estimate of drug-likeness (QED) is 0.872. The lowest BCUT2D eigenvalue weighted by Gasteiger charge is -2.17. The van der Waals surface area contributed by atoms with Crippen molar-refractivity contribution in [1.29, 1.82) is 5.26 Å². The predicted octanol–water partition coefficient (Wildman–Crippen LogP) is 3.96. The number of rotatable bonds is 3. The Labute approximate surface area is 99.8 Å². The van der Waals surface area contributed by atoms with Gasteiger partial charge in [0.25, 0.3) is 0 Å². The molecule has 1 aromatic carbocycles. The van der Waals surface area contributed by atoms with Crippen molar-refractivity contribution in [3.05, 3.63) is 28.2 Å². The molecule has 0 aliphatic heterocycles. The van der Waals surface area contributed by atoms with E-state index in [4.69, 9.17) is 28.5 Å². The topological polar surface area (TPSA) is 35.8 Å². The van der Waals surface area contributed by atoms with Crippen LogP contribution in [0, 0.1) is 16.7 Å². The predicted molar refractivity (Wildman–Crippen MR) is 64.3 cm³/mol. The number of nitrogens with one attached hydrogen (secondary N) is 1. The average molecular weight is 243 g/mol. The van der Waals surface area contributed by atoms with Crippen LogP contribution in [-0.4, -0.2) is 6.54 Å². The third kappa shape index (κ3) is 3.62. The summed E-state index contributed by atoms with van der Waals surface area (Å²) in [5, 5.41) is 13.2. The minimum Gasteiger partial charge on any atom is -0.382 e. The molecule has 80 valence electrons. The van der Waals surface area contributed by atoms with Crippen molar-refractivity contribution in [2.24, 2.45) is 5.41 Å². The summed E-state index contributed by atoms with van der Waals surface area (Å²) in [6.45, 7) is 4.25. The van der Waals surface area contributed by atoms with E-state index in [1.807, 2.05) is 13.8 Å². The maximum Gasteiger partial charge on any atom is 0.0702 e. The summed E-state index contributed by atoms with van der Waals surface area (Å²) in [6, 6.07) is 7.41. The molecule has 0 unspecified atom stereocenters. The van der Waals surface area contributed by atoms with Gasteiger partial charge in [-0.25, -0.2) is 0 Å². The molecule has 4 heteroatoms.